The van der Waals surface area contributed by atoms with Gasteiger partial charge in [-0.3, -0.25) is 4.98 Å². The summed E-state index contributed by atoms with van der Waals surface area (Å²) in [5, 5.41) is 4.10. The maximum Gasteiger partial charge on any atom is 0.0541 e. The molecule has 0 saturated carbocycles. The fourth-order valence-electron chi connectivity index (χ4n) is 1.48. The average molecular weight is 306 g/mol. The quantitative estimate of drug-likeness (QED) is 0.927. The zero-order valence-electron chi connectivity index (χ0n) is 9.67. The third-order valence-corrected chi connectivity index (χ3v) is 2.49. The van der Waals surface area contributed by atoms with Gasteiger partial charge >= 0.3 is 0 Å². The first-order chi connectivity index (χ1) is 7.84. The summed E-state index contributed by atoms with van der Waals surface area (Å²) < 4.78 is 0. The lowest BCUT2D eigenvalue weighted by Crippen LogP contribution is -2.13. The third-order valence-electron chi connectivity index (χ3n) is 2.25. The molecule has 0 fully saturated rings. The van der Waals surface area contributed by atoms with Gasteiger partial charge in [0.25, 0.3) is 0 Å². The van der Waals surface area contributed by atoms with Crippen molar-refractivity contribution in [1.82, 2.24) is 10.3 Å². The number of hydrogen-bond donors (Lipinski definition) is 1. The largest absolute Gasteiger partial charge is 0.307 e. The Bertz CT molecular complexity index is 449. The van der Waals surface area contributed by atoms with Crippen molar-refractivity contribution in [1.29, 1.82) is 0 Å². The van der Waals surface area contributed by atoms with Gasteiger partial charge in [-0.05, 0) is 29.8 Å². The van der Waals surface area contributed by atoms with Crippen molar-refractivity contribution in [2.24, 2.45) is 0 Å². The standard InChI is InChI=1S/C13H13ClN2.2ClH/c14-12-5-3-4-11(8-12)9-15-10-13-6-1-2-7-16-13;;/h1-8,15H,9-10H2;2*1H. The topological polar surface area (TPSA) is 24.9 Å². The van der Waals surface area contributed by atoms with Crippen LogP contribution in [0, 0.1) is 0 Å². The van der Waals surface area contributed by atoms with Crippen LogP contribution in [0.25, 0.3) is 0 Å². The Morgan fingerprint density at radius 2 is 1.83 bits per heavy atom. The second-order valence-corrected chi connectivity index (χ2v) is 3.99. The first-order valence-corrected chi connectivity index (χ1v) is 5.57. The highest BCUT2D eigenvalue weighted by molar-refractivity contribution is 6.30. The molecule has 0 aliphatic carbocycles. The van der Waals surface area contributed by atoms with Crippen molar-refractivity contribution in [2.45, 2.75) is 13.1 Å². The molecule has 0 spiro atoms. The summed E-state index contributed by atoms with van der Waals surface area (Å²) in [6.07, 6.45) is 1.80. The molecule has 2 nitrogen and oxygen atoms in total. The Morgan fingerprint density at radius 3 is 2.50 bits per heavy atom. The van der Waals surface area contributed by atoms with Crippen molar-refractivity contribution >= 4 is 36.4 Å². The molecule has 0 atom stereocenters. The van der Waals surface area contributed by atoms with Gasteiger partial charge in [-0.15, -0.1) is 24.8 Å². The molecular formula is C13H15Cl3N2. The van der Waals surface area contributed by atoms with Gasteiger partial charge < -0.3 is 5.32 Å². The van der Waals surface area contributed by atoms with Crippen LogP contribution in [0.5, 0.6) is 0 Å². The van der Waals surface area contributed by atoms with E-state index in [0.717, 1.165) is 23.8 Å². The predicted octanol–water partition coefficient (Wildman–Crippen LogP) is 3.87. The van der Waals surface area contributed by atoms with Crippen molar-refractivity contribution in [2.75, 3.05) is 0 Å². The SMILES string of the molecule is Cl.Cl.Clc1cccc(CNCc2ccccn2)c1. The molecule has 1 N–H and O–H groups in total. The number of hydrogen-bond acceptors (Lipinski definition) is 2. The van der Waals surface area contributed by atoms with Crippen LogP contribution in [-0.4, -0.2) is 4.98 Å². The van der Waals surface area contributed by atoms with Crippen LogP contribution >= 0.6 is 36.4 Å². The van der Waals surface area contributed by atoms with Crippen LogP contribution < -0.4 is 5.32 Å². The zero-order chi connectivity index (χ0) is 11.2. The molecule has 5 heteroatoms. The second-order valence-electron chi connectivity index (χ2n) is 3.55. The number of benzene rings is 1. The van der Waals surface area contributed by atoms with Crippen LogP contribution in [0.3, 0.4) is 0 Å². The van der Waals surface area contributed by atoms with E-state index in [2.05, 4.69) is 16.4 Å². The Kier molecular flexibility index (Phi) is 8.77. The van der Waals surface area contributed by atoms with Gasteiger partial charge in [-0.1, -0.05) is 29.8 Å². The molecule has 0 bridgehead atoms. The number of pyridine rings is 1. The molecule has 0 aliphatic heterocycles. The molecule has 2 aromatic rings. The molecule has 0 saturated heterocycles. The number of nitrogens with one attached hydrogen (secondary N) is 1. The molecule has 1 heterocycles. The Hall–Kier alpha value is -0.800. The highest BCUT2D eigenvalue weighted by atomic mass is 35.5. The summed E-state index contributed by atoms with van der Waals surface area (Å²) in [4.78, 5) is 4.24. The Labute approximate surface area is 125 Å². The van der Waals surface area contributed by atoms with Crippen LogP contribution in [0.4, 0.5) is 0 Å². The molecule has 0 amide bonds. The maximum absolute atomic E-state index is 5.90. The monoisotopic (exact) mass is 304 g/mol. The van der Waals surface area contributed by atoms with E-state index < -0.39 is 0 Å². The highest BCUT2D eigenvalue weighted by Crippen LogP contribution is 2.10. The molecule has 0 radical (unpaired) electrons. The molecule has 98 valence electrons. The first kappa shape index (κ1) is 17.2. The Morgan fingerprint density at radius 1 is 1.00 bits per heavy atom. The summed E-state index contributed by atoms with van der Waals surface area (Å²) >= 11 is 5.90. The van der Waals surface area contributed by atoms with Gasteiger partial charge in [0.15, 0.2) is 0 Å². The molecule has 18 heavy (non-hydrogen) atoms. The fourth-order valence-corrected chi connectivity index (χ4v) is 1.70. The third kappa shape index (κ3) is 5.69. The van der Waals surface area contributed by atoms with Crippen molar-refractivity contribution < 1.29 is 0 Å². The normalized spacial score (nSPS) is 9.17. The van der Waals surface area contributed by atoms with Gasteiger partial charge in [-0.25, -0.2) is 0 Å². The van der Waals surface area contributed by atoms with Crippen molar-refractivity contribution in [3.05, 3.63) is 64.9 Å². The second kappa shape index (κ2) is 9.17. The zero-order valence-corrected chi connectivity index (χ0v) is 12.1. The van der Waals surface area contributed by atoms with Gasteiger partial charge in [0, 0.05) is 24.3 Å². The van der Waals surface area contributed by atoms with E-state index in [1.165, 1.54) is 5.56 Å². The van der Waals surface area contributed by atoms with Crippen LogP contribution in [0.1, 0.15) is 11.3 Å². The smallest absolute Gasteiger partial charge is 0.0541 e. The lowest BCUT2D eigenvalue weighted by Gasteiger charge is -2.04. The van der Waals surface area contributed by atoms with Crippen LogP contribution in [-0.2, 0) is 13.1 Å². The summed E-state index contributed by atoms with van der Waals surface area (Å²) in [6.45, 7) is 1.57. The average Bonchev–Trinajstić information content (AvgIpc) is 2.30. The molecule has 1 aromatic carbocycles. The molecular weight excluding hydrogens is 291 g/mol. The summed E-state index contributed by atoms with van der Waals surface area (Å²) in [5.41, 5.74) is 2.23. The first-order valence-electron chi connectivity index (χ1n) is 5.20. The van der Waals surface area contributed by atoms with E-state index in [0.29, 0.717) is 0 Å². The van der Waals surface area contributed by atoms with Crippen molar-refractivity contribution in [3.63, 3.8) is 0 Å². The van der Waals surface area contributed by atoms with E-state index in [4.69, 9.17) is 11.6 Å². The van der Waals surface area contributed by atoms with E-state index in [1.807, 2.05) is 36.4 Å². The van der Waals surface area contributed by atoms with Gasteiger partial charge in [0.2, 0.25) is 0 Å². The molecule has 1 aromatic heterocycles. The van der Waals surface area contributed by atoms with E-state index >= 15 is 0 Å². The van der Waals surface area contributed by atoms with Crippen molar-refractivity contribution in [3.8, 4) is 0 Å². The highest BCUT2D eigenvalue weighted by Gasteiger charge is 1.95. The predicted molar refractivity (Wildman–Crippen MR) is 80.7 cm³/mol. The van der Waals surface area contributed by atoms with Crippen LogP contribution in [0.15, 0.2) is 48.7 Å². The number of nitrogens with zero attached hydrogens (tertiary/aromatic N) is 1. The Balaban J connectivity index is 0.00000144. The number of halogens is 3. The fraction of sp³-hybridized carbons (Fsp3) is 0.154. The van der Waals surface area contributed by atoms with Gasteiger partial charge in [-0.2, -0.15) is 0 Å². The van der Waals surface area contributed by atoms with E-state index in [-0.39, 0.29) is 24.8 Å². The number of aromatic nitrogens is 1. The number of rotatable bonds is 4. The minimum absolute atomic E-state index is 0. The minimum Gasteiger partial charge on any atom is -0.307 e. The molecule has 0 aliphatic rings. The summed E-state index contributed by atoms with van der Waals surface area (Å²) in [5.74, 6) is 0. The lowest BCUT2D eigenvalue weighted by molar-refractivity contribution is 0.680. The van der Waals surface area contributed by atoms with Gasteiger partial charge in [0.1, 0.15) is 0 Å². The minimum atomic E-state index is 0. The summed E-state index contributed by atoms with van der Waals surface area (Å²) in [7, 11) is 0. The molecule has 0 unspecified atom stereocenters. The molecule has 2 rings (SSSR count). The van der Waals surface area contributed by atoms with E-state index in [1.54, 1.807) is 6.20 Å². The van der Waals surface area contributed by atoms with E-state index in [9.17, 15) is 0 Å². The van der Waals surface area contributed by atoms with Crippen LogP contribution in [0.2, 0.25) is 5.02 Å². The maximum atomic E-state index is 5.90. The summed E-state index contributed by atoms with van der Waals surface area (Å²) in [6, 6.07) is 13.8. The van der Waals surface area contributed by atoms with Gasteiger partial charge in [0.05, 0.1) is 5.69 Å². The lowest BCUT2D eigenvalue weighted by atomic mass is 10.2.